The number of nitrogens with one attached hydrogen (secondary N) is 4. The molecule has 15 atom stereocenters. The molecule has 0 saturated carbocycles. The van der Waals surface area contributed by atoms with Gasteiger partial charge in [-0.1, -0.05) is 50.0 Å². The summed E-state index contributed by atoms with van der Waals surface area (Å²) in [6.45, 7) is 5.15. The van der Waals surface area contributed by atoms with Crippen molar-refractivity contribution in [2.75, 3.05) is 19.7 Å². The second-order valence-corrected chi connectivity index (χ2v) is 23.1. The minimum absolute atomic E-state index is 0. The zero-order valence-electron chi connectivity index (χ0n) is 50.1. The first kappa shape index (κ1) is 74.3. The fraction of sp³-hybridized carbons (Fsp3) is 0.491. The van der Waals surface area contributed by atoms with E-state index in [1.807, 2.05) is 17.4 Å². The Morgan fingerprint density at radius 3 is 1.99 bits per heavy atom. The second kappa shape index (κ2) is 32.8. The number of benzene rings is 3. The molecule has 17 N–H and O–H groups in total. The molecule has 492 valence electrons. The molecule has 2 fully saturated rings. The third-order valence-corrected chi connectivity index (χ3v) is 15.5. The van der Waals surface area contributed by atoms with Crippen molar-refractivity contribution >= 4 is 57.7 Å². The van der Waals surface area contributed by atoms with Crippen LogP contribution in [-0.4, -0.2) is 220 Å². The van der Waals surface area contributed by atoms with Gasteiger partial charge in [0.15, 0.2) is 17.3 Å². The summed E-state index contributed by atoms with van der Waals surface area (Å²) in [5, 5.41) is 111. The fourth-order valence-corrected chi connectivity index (χ4v) is 10.5. The topological polar surface area (TPSA) is 527 Å². The molecular formula is C57H74N9NaO23S. The number of hydrogen-bond acceptors (Lipinski definition) is 24. The number of rotatable bonds is 30. The molecule has 4 aromatic rings. The van der Waals surface area contributed by atoms with Gasteiger partial charge in [0.1, 0.15) is 59.9 Å². The first-order valence-corrected chi connectivity index (χ1v) is 29.8. The Balaban J connectivity index is 0.0000150. The summed E-state index contributed by atoms with van der Waals surface area (Å²) in [4.78, 5) is 112. The number of likely N-dealkylation sites (tertiary alicyclic amines) is 2. The van der Waals surface area contributed by atoms with Crippen molar-refractivity contribution in [3.8, 4) is 39.8 Å². The van der Waals surface area contributed by atoms with Crippen LogP contribution in [0, 0.1) is 5.92 Å². The number of ether oxygens (including phenoxy) is 1. The molecule has 0 aliphatic carbocycles. The van der Waals surface area contributed by atoms with Gasteiger partial charge < -0.3 is 106 Å². The number of phenols is 1. The van der Waals surface area contributed by atoms with E-state index >= 15 is 0 Å². The molecule has 2 aliphatic rings. The smallest absolute Gasteiger partial charge is 0.716 e. The maximum Gasteiger partial charge on any atom is 1.00 e. The number of hydrogen-bond donors (Lipinski definition) is 15. The maximum atomic E-state index is 14.6. The van der Waals surface area contributed by atoms with Gasteiger partial charge in [0, 0.05) is 54.6 Å². The number of β-amino-alcohol motifs (C(OH)–C–C–N with tert-alkyl or cyclic N) is 1. The number of primary amides is 2. The number of phenolic OH excluding ortho intramolecular Hbond substituents is 1. The van der Waals surface area contributed by atoms with E-state index in [1.165, 1.54) is 38.1 Å². The third-order valence-electron chi connectivity index (χ3n) is 15.1. The first-order chi connectivity index (χ1) is 42.3. The van der Waals surface area contributed by atoms with Gasteiger partial charge in [-0.15, -0.1) is 0 Å². The number of aliphatic hydroxyl groups excluding tert-OH is 8. The summed E-state index contributed by atoms with van der Waals surface area (Å²) in [6.07, 6.45) is -15.1. The van der Waals surface area contributed by atoms with Gasteiger partial charge in [-0.3, -0.25) is 38.4 Å². The van der Waals surface area contributed by atoms with E-state index in [4.69, 9.17) is 20.7 Å². The van der Waals surface area contributed by atoms with E-state index in [0.29, 0.717) is 56.9 Å². The first-order valence-electron chi connectivity index (χ1n) is 28.4. The fourth-order valence-electron chi connectivity index (χ4n) is 10.1. The van der Waals surface area contributed by atoms with Crippen LogP contribution >= 0.6 is 0 Å². The Bertz CT molecular complexity index is 3320. The summed E-state index contributed by atoms with van der Waals surface area (Å²) in [7, 11) is -5.61. The van der Waals surface area contributed by atoms with Crippen LogP contribution in [0.3, 0.4) is 0 Å². The molecule has 2 saturated heterocycles. The van der Waals surface area contributed by atoms with Crippen LogP contribution in [0.1, 0.15) is 88.2 Å². The summed E-state index contributed by atoms with van der Waals surface area (Å²) in [5.74, 6) is -12.3. The van der Waals surface area contributed by atoms with Crippen LogP contribution in [0.25, 0.3) is 22.6 Å². The number of nitrogens with two attached hydrogens (primary N) is 2. The van der Waals surface area contributed by atoms with Gasteiger partial charge in [0.05, 0.1) is 49.7 Å². The molecule has 1 aromatic heterocycles. The van der Waals surface area contributed by atoms with Gasteiger partial charge in [-0.25, -0.2) is 8.42 Å². The molecule has 3 aromatic carbocycles. The number of aromatic hydroxyl groups is 1. The Hall–Kier alpha value is -7.38. The average Bonchev–Trinajstić information content (AvgIpc) is 1.83. The van der Waals surface area contributed by atoms with Crippen molar-refractivity contribution in [2.45, 2.75) is 151 Å². The molecule has 0 spiro atoms. The standard InChI is InChI=1S/C57H75N9O23S.Na/c1-5-6-7-18-87-34-15-12-30(13-16-34)41-22-35(64-88-41)29-8-10-31(11-9-29)52(78)60-36(21-39(71)27(3)67)53(79)61-44(28(4)68)56(82)65-25-33(69)20-37(65)54(80)63-46(50(76)49(75)32-14-17-38(70)42(19-32)89-90(84,85)86)55(81)62-45(40(72)23-43(58)73)57(83)66-24-26(2)48(74)47(66)51(59)77;/h8-17,19,22,26-28,33,36-37,39-40,44-50,67-72,74-76H,5-7,18,20-21,23-25H2,1-4H3,(H2,58,73)(H2,59,77)(H,60,78)(H,61,79)(H,62,81)(H,63,80)(H,84,85,86);/q;+1/p-1. The largest absolute Gasteiger partial charge is 1.00 e. The molecule has 34 heteroatoms. The summed E-state index contributed by atoms with van der Waals surface area (Å²) < 4.78 is 49.9. The summed E-state index contributed by atoms with van der Waals surface area (Å²) in [5.41, 5.74) is 11.8. The third kappa shape index (κ3) is 19.6. The normalized spacial score (nSPS) is 20.6. The minimum atomic E-state index is -5.61. The molecular weight excluding hydrogens is 1230 g/mol. The van der Waals surface area contributed by atoms with E-state index in [0.717, 1.165) is 32.3 Å². The van der Waals surface area contributed by atoms with Crippen LogP contribution in [0.4, 0.5) is 0 Å². The monoisotopic (exact) mass is 1310 g/mol. The maximum absolute atomic E-state index is 14.6. The van der Waals surface area contributed by atoms with Gasteiger partial charge in [0.2, 0.25) is 41.4 Å². The van der Waals surface area contributed by atoms with Crippen LogP contribution < -0.4 is 71.2 Å². The number of carbonyl (C=O) groups is 8. The van der Waals surface area contributed by atoms with Gasteiger partial charge in [-0.2, -0.15) is 0 Å². The molecule has 8 amide bonds. The summed E-state index contributed by atoms with van der Waals surface area (Å²) >= 11 is 0. The number of unbranched alkanes of at least 4 members (excludes halogenated alkanes) is 2. The predicted molar refractivity (Wildman–Crippen MR) is 309 cm³/mol. The molecule has 91 heavy (non-hydrogen) atoms. The van der Waals surface area contributed by atoms with Gasteiger partial charge in [-0.05, 0) is 74.4 Å². The zero-order valence-corrected chi connectivity index (χ0v) is 52.9. The van der Waals surface area contributed by atoms with E-state index in [2.05, 4.69) is 32.2 Å². The zero-order chi connectivity index (χ0) is 66.6. The van der Waals surface area contributed by atoms with E-state index in [1.54, 1.807) is 18.2 Å². The van der Waals surface area contributed by atoms with E-state index in [-0.39, 0.29) is 35.1 Å². The molecule has 3 heterocycles. The van der Waals surface area contributed by atoms with Crippen LogP contribution in [0.2, 0.25) is 0 Å². The molecule has 0 bridgehead atoms. The molecule has 2 aliphatic heterocycles. The second-order valence-electron chi connectivity index (χ2n) is 22.1. The van der Waals surface area contributed by atoms with Crippen LogP contribution in [0.5, 0.6) is 17.2 Å². The number of nitrogens with zero attached hydrogens (tertiary/aromatic N) is 3. The Labute approximate surface area is 543 Å². The minimum Gasteiger partial charge on any atom is -0.716 e. The number of aromatic nitrogens is 1. The Morgan fingerprint density at radius 1 is 0.769 bits per heavy atom. The number of amides is 8. The van der Waals surface area contributed by atoms with Gasteiger partial charge >= 0.3 is 29.6 Å². The SMILES string of the molecule is CCCCCOc1ccc(-c2cc(-c3ccc(C(=O)NC(CC(O)C(C)O)C(=O)NC(C(=O)N4CC(O)CC4C(=O)NC(C(=O)NC(C(=O)N4CC(C)C(O)C4C(N)=O)C(O)CC(N)=O)C(O)C(O)c4ccc(O)c(OS(=O)(=O)[O-])c4)C(C)O)cc3)no2)cc1.[Na+]. The van der Waals surface area contributed by atoms with E-state index < -0.39 is 198 Å². The average molecular weight is 1310 g/mol. The van der Waals surface area contributed by atoms with Crippen molar-refractivity contribution < 1.29 is 140 Å². The van der Waals surface area contributed by atoms with Gasteiger partial charge in [0.25, 0.3) is 16.3 Å². The Kier molecular flexibility index (Phi) is 26.8. The van der Waals surface area contributed by atoms with Crippen LogP contribution in [0.15, 0.2) is 77.3 Å². The summed E-state index contributed by atoms with van der Waals surface area (Å²) in [6, 6.07) is 4.31. The molecule has 15 unspecified atom stereocenters. The quantitative estimate of drug-likeness (QED) is 0.00998. The number of aliphatic hydroxyl groups is 8. The molecule has 0 radical (unpaired) electrons. The van der Waals surface area contributed by atoms with Crippen LogP contribution in [-0.2, 0) is 44.0 Å². The van der Waals surface area contributed by atoms with Crippen molar-refractivity contribution in [1.82, 2.24) is 36.2 Å². The molecule has 32 nitrogen and oxygen atoms in total. The van der Waals surface area contributed by atoms with E-state index in [9.17, 15) is 97.3 Å². The van der Waals surface area contributed by atoms with Crippen molar-refractivity contribution in [2.24, 2.45) is 17.4 Å². The predicted octanol–water partition coefficient (Wildman–Crippen LogP) is -6.82. The van der Waals surface area contributed by atoms with Crippen molar-refractivity contribution in [3.05, 3.63) is 83.9 Å². The Morgan fingerprint density at radius 2 is 1.40 bits per heavy atom. The number of carbonyl (C=O) groups excluding carboxylic acids is 8. The van der Waals surface area contributed by atoms with Crippen molar-refractivity contribution in [1.29, 1.82) is 0 Å². The molecule has 6 rings (SSSR count). The van der Waals surface area contributed by atoms with Crippen molar-refractivity contribution in [3.63, 3.8) is 0 Å².